The Morgan fingerprint density at radius 1 is 1.71 bits per heavy atom. The molecule has 0 saturated carbocycles. The summed E-state index contributed by atoms with van der Waals surface area (Å²) in [5, 5.41) is 10.0. The van der Waals surface area contributed by atoms with Crippen molar-refractivity contribution in [2.45, 2.75) is 6.42 Å². The van der Waals surface area contributed by atoms with Crippen LogP contribution in [-0.4, -0.2) is 6.61 Å². The van der Waals surface area contributed by atoms with E-state index in [-0.39, 0.29) is 6.61 Å². The van der Waals surface area contributed by atoms with E-state index >= 15 is 0 Å². The summed E-state index contributed by atoms with van der Waals surface area (Å²) < 4.78 is 0. The highest BCUT2D eigenvalue weighted by molar-refractivity contribution is 4.83. The average molecular weight is 98.1 g/mol. The Labute approximate surface area is 45.4 Å². The van der Waals surface area contributed by atoms with Crippen LogP contribution in [0.15, 0.2) is 0 Å². The van der Waals surface area contributed by atoms with Crippen molar-refractivity contribution in [1.82, 2.24) is 0 Å². The smallest absolute Gasteiger partial charge is 0.100 e. The predicted octanol–water partition coefficient (Wildman–Crippen LogP) is 0.225. The van der Waals surface area contributed by atoms with Crippen LogP contribution in [-0.2, 0) is 0 Å². The van der Waals surface area contributed by atoms with Crippen LogP contribution >= 0.6 is 0 Å². The third-order valence-electron chi connectivity index (χ3n) is 0.837. The molecule has 0 aliphatic heterocycles. The van der Waals surface area contributed by atoms with Gasteiger partial charge in [0.2, 0.25) is 0 Å². The van der Waals surface area contributed by atoms with Crippen LogP contribution in [0, 0.1) is 26.2 Å². The molecule has 0 saturated heterocycles. The van der Waals surface area contributed by atoms with Crippen molar-refractivity contribution in [2.24, 2.45) is 5.41 Å². The normalized spacial score (nSPS) is 18.6. The van der Waals surface area contributed by atoms with E-state index in [0.717, 1.165) is 0 Å². The maximum Gasteiger partial charge on any atom is 0.100 e. The van der Waals surface area contributed by atoms with Gasteiger partial charge in [0, 0.05) is 12.3 Å². The second kappa shape index (κ2) is 2.12. The monoisotopic (exact) mass is 98.1 g/mol. The molecule has 0 rings (SSSR count). The first-order valence-corrected chi connectivity index (χ1v) is 2.20. The second-order valence-corrected chi connectivity index (χ2v) is 1.89. The van der Waals surface area contributed by atoms with Gasteiger partial charge in [-0.3, -0.25) is 6.92 Å². The standard InChI is InChI=1S/C6H10O/c1-4-6(2,3)5-7/h1-5H2. The molecule has 7 heavy (non-hydrogen) atoms. The van der Waals surface area contributed by atoms with Gasteiger partial charge in [-0.25, -0.2) is 0 Å². The van der Waals surface area contributed by atoms with Gasteiger partial charge in [0.05, 0.1) is 6.92 Å². The van der Waals surface area contributed by atoms with E-state index in [0.29, 0.717) is 6.42 Å². The van der Waals surface area contributed by atoms with Crippen molar-refractivity contribution in [1.29, 1.82) is 0 Å². The van der Waals surface area contributed by atoms with E-state index in [1.165, 1.54) is 0 Å². The van der Waals surface area contributed by atoms with Crippen molar-refractivity contribution in [3.8, 4) is 0 Å². The summed E-state index contributed by atoms with van der Waals surface area (Å²) in [5.41, 5.74) is -0.583. The van der Waals surface area contributed by atoms with Gasteiger partial charge in [0.15, 0.2) is 0 Å². The summed E-state index contributed by atoms with van der Waals surface area (Å²) in [5.74, 6) is 0. The molecule has 0 bridgehead atoms. The van der Waals surface area contributed by atoms with Gasteiger partial charge in [-0.05, 0) is 0 Å². The summed E-state index contributed by atoms with van der Waals surface area (Å²) in [6.07, 6.45) is 0.510. The lowest BCUT2D eigenvalue weighted by Gasteiger charge is -2.22. The number of rotatable bonds is 2. The predicted molar refractivity (Wildman–Crippen MR) is 28.0 cm³/mol. The molecular formula is C6H10O. The molecule has 0 aromatic carbocycles. The van der Waals surface area contributed by atoms with E-state index in [2.05, 4.69) is 20.8 Å². The molecule has 0 aliphatic carbocycles. The zero-order valence-corrected chi connectivity index (χ0v) is 4.44. The third kappa shape index (κ3) is 2.40. The highest BCUT2D eigenvalue weighted by Gasteiger charge is 2.11. The summed E-state index contributed by atoms with van der Waals surface area (Å²) in [6, 6.07) is 0. The molecule has 0 amide bonds. The molecule has 40 valence electrons. The molecule has 0 atom stereocenters. The molecule has 0 N–H and O–H groups in total. The first kappa shape index (κ1) is 6.70. The van der Waals surface area contributed by atoms with E-state index < -0.39 is 5.41 Å². The van der Waals surface area contributed by atoms with Crippen LogP contribution in [0.3, 0.4) is 0 Å². The molecule has 0 aromatic heterocycles. The fourth-order valence-corrected chi connectivity index (χ4v) is 0.0722. The molecule has 0 aliphatic rings. The Balaban J connectivity index is 3.36. The minimum Gasteiger partial charge on any atom is -0.853 e. The lowest BCUT2D eigenvalue weighted by atomic mass is 9.92. The van der Waals surface area contributed by atoms with E-state index in [1.807, 2.05) is 0 Å². The first-order valence-electron chi connectivity index (χ1n) is 2.20. The maximum atomic E-state index is 10.0. The van der Waals surface area contributed by atoms with Crippen molar-refractivity contribution in [3.05, 3.63) is 20.8 Å². The van der Waals surface area contributed by atoms with Crippen molar-refractivity contribution >= 4 is 0 Å². The van der Waals surface area contributed by atoms with Crippen LogP contribution in [0.25, 0.3) is 0 Å². The largest absolute Gasteiger partial charge is 0.853 e. The van der Waals surface area contributed by atoms with Crippen molar-refractivity contribution in [2.75, 3.05) is 6.61 Å². The summed E-state index contributed by atoms with van der Waals surface area (Å²) >= 11 is 0. The van der Waals surface area contributed by atoms with Gasteiger partial charge >= 0.3 is 0 Å². The van der Waals surface area contributed by atoms with Crippen LogP contribution < -0.4 is 5.11 Å². The maximum absolute atomic E-state index is 10.0. The van der Waals surface area contributed by atoms with Gasteiger partial charge in [0.25, 0.3) is 0 Å². The molecule has 1 nitrogen and oxygen atoms in total. The molecular weight excluding hydrogens is 88.1 g/mol. The fraction of sp³-hybridized carbons (Fsp3) is 0.500. The summed E-state index contributed by atoms with van der Waals surface area (Å²) in [6.45, 7) is 10.3. The lowest BCUT2D eigenvalue weighted by Crippen LogP contribution is -2.26. The van der Waals surface area contributed by atoms with Gasteiger partial charge in [-0.15, -0.1) is 6.61 Å². The van der Waals surface area contributed by atoms with Gasteiger partial charge < -0.3 is 5.11 Å². The molecule has 0 spiro atoms. The summed E-state index contributed by atoms with van der Waals surface area (Å²) in [7, 11) is 0. The van der Waals surface area contributed by atoms with Crippen LogP contribution in [0.2, 0.25) is 0 Å². The Morgan fingerprint density at radius 2 is 2.14 bits per heavy atom. The molecule has 0 unspecified atom stereocenters. The van der Waals surface area contributed by atoms with Gasteiger partial charge in [-0.2, -0.15) is 0 Å². The molecule has 1 heteroatoms. The lowest BCUT2D eigenvalue weighted by molar-refractivity contribution is -0.384. The molecule has 0 heterocycles. The second-order valence-electron chi connectivity index (χ2n) is 1.89. The Bertz CT molecular complexity index is 42.1. The van der Waals surface area contributed by atoms with Crippen molar-refractivity contribution < 1.29 is 5.11 Å². The minimum absolute atomic E-state index is 0.240. The zero-order chi connectivity index (χ0) is 5.91. The summed E-state index contributed by atoms with van der Waals surface area (Å²) in [4.78, 5) is 0. The highest BCUT2D eigenvalue weighted by Crippen LogP contribution is 2.14. The molecule has 0 aromatic rings. The van der Waals surface area contributed by atoms with Crippen LogP contribution in [0.4, 0.5) is 0 Å². The topological polar surface area (TPSA) is 23.1 Å². The number of hydrogen-bond donors (Lipinski definition) is 0. The SMILES string of the molecule is [CH2+]CC([CH2+])([CH2-])C[O-]. The zero-order valence-electron chi connectivity index (χ0n) is 4.44. The number of hydrogen-bond acceptors (Lipinski definition) is 1. The Hall–Kier alpha value is -0.300. The van der Waals surface area contributed by atoms with E-state index in [4.69, 9.17) is 0 Å². The average Bonchev–Trinajstić information content (AvgIpc) is 1.68. The fourth-order valence-electron chi connectivity index (χ4n) is 0.0722. The molecule has 0 radical (unpaired) electrons. The Morgan fingerprint density at radius 3 is 2.14 bits per heavy atom. The van der Waals surface area contributed by atoms with Crippen molar-refractivity contribution in [3.63, 3.8) is 0 Å². The highest BCUT2D eigenvalue weighted by atomic mass is 16.3. The van der Waals surface area contributed by atoms with Gasteiger partial charge in [-0.1, -0.05) is 0 Å². The molecule has 0 fully saturated rings. The third-order valence-corrected chi connectivity index (χ3v) is 0.837. The van der Waals surface area contributed by atoms with Crippen LogP contribution in [0.5, 0.6) is 0 Å². The Kier molecular flexibility index (Phi) is 2.03. The quantitative estimate of drug-likeness (QED) is 0.453. The van der Waals surface area contributed by atoms with E-state index in [9.17, 15) is 5.11 Å². The minimum atomic E-state index is -0.583. The van der Waals surface area contributed by atoms with Crippen LogP contribution in [0.1, 0.15) is 6.42 Å². The van der Waals surface area contributed by atoms with Gasteiger partial charge in [0.1, 0.15) is 6.42 Å². The first-order chi connectivity index (χ1) is 3.12. The van der Waals surface area contributed by atoms with E-state index in [1.54, 1.807) is 0 Å².